The number of ether oxygens (including phenoxy) is 4. The van der Waals surface area contributed by atoms with Crippen molar-refractivity contribution < 1.29 is 32.2 Å². The highest BCUT2D eigenvalue weighted by molar-refractivity contribution is 7.92. The largest absolute Gasteiger partial charge is 0.493 e. The highest BCUT2D eigenvalue weighted by atomic mass is 35.5. The molecule has 28 heavy (non-hydrogen) atoms. The molecule has 0 saturated carbocycles. The molecule has 0 spiro atoms. The number of carbonyl (C=O) groups excluding carboxylic acids is 1. The maximum atomic E-state index is 13.0. The number of benzene rings is 2. The van der Waals surface area contributed by atoms with Crippen LogP contribution >= 0.6 is 11.6 Å². The van der Waals surface area contributed by atoms with E-state index in [4.69, 9.17) is 30.5 Å². The predicted octanol–water partition coefficient (Wildman–Crippen LogP) is 3.34. The monoisotopic (exact) mass is 429 g/mol. The molecule has 0 aliphatic rings. The number of rotatable bonds is 8. The molecule has 10 heteroatoms. The molecule has 0 radical (unpaired) electrons. The predicted molar refractivity (Wildman–Crippen MR) is 104 cm³/mol. The zero-order valence-electron chi connectivity index (χ0n) is 15.7. The lowest BCUT2D eigenvalue weighted by Gasteiger charge is -2.17. The van der Waals surface area contributed by atoms with Crippen LogP contribution in [0, 0.1) is 0 Å². The van der Waals surface area contributed by atoms with Crippen molar-refractivity contribution in [2.45, 2.75) is 11.8 Å². The molecule has 0 aliphatic heterocycles. The fraction of sp³-hybridized carbons (Fsp3) is 0.278. The highest BCUT2D eigenvalue weighted by Gasteiger charge is 2.25. The van der Waals surface area contributed by atoms with Crippen molar-refractivity contribution in [1.29, 1.82) is 0 Å². The Hall–Kier alpha value is -2.65. The standard InChI is InChI=1S/C18H20ClNO7S/c1-5-27-14-7-6-11(19)8-17(14)28(22,23)20-13-10-16(25-3)15(24-2)9-12(13)18(21)26-4/h6-10,20H,5H2,1-4H3. The number of sulfonamides is 1. The number of carbonyl (C=O) groups is 1. The molecule has 0 aromatic heterocycles. The van der Waals surface area contributed by atoms with Crippen LogP contribution in [0.1, 0.15) is 17.3 Å². The van der Waals surface area contributed by atoms with E-state index in [1.54, 1.807) is 6.92 Å². The maximum Gasteiger partial charge on any atom is 0.340 e. The van der Waals surface area contributed by atoms with Crippen LogP contribution in [-0.2, 0) is 14.8 Å². The Kier molecular flexibility index (Phi) is 6.98. The van der Waals surface area contributed by atoms with Crippen LogP contribution in [-0.4, -0.2) is 42.3 Å². The van der Waals surface area contributed by atoms with Crippen LogP contribution in [0.2, 0.25) is 5.02 Å². The van der Waals surface area contributed by atoms with Gasteiger partial charge in [0.2, 0.25) is 0 Å². The summed E-state index contributed by atoms with van der Waals surface area (Å²) in [5.74, 6) is -0.165. The molecule has 0 fully saturated rings. The topological polar surface area (TPSA) is 100 Å². The summed E-state index contributed by atoms with van der Waals surface area (Å²) in [5.41, 5.74) is -0.101. The summed E-state index contributed by atoms with van der Waals surface area (Å²) in [6.45, 7) is 1.98. The van der Waals surface area contributed by atoms with E-state index in [1.165, 1.54) is 51.7 Å². The summed E-state index contributed by atoms with van der Waals surface area (Å²) in [6.07, 6.45) is 0. The first-order valence-electron chi connectivity index (χ1n) is 8.06. The first-order chi connectivity index (χ1) is 13.3. The van der Waals surface area contributed by atoms with Crippen molar-refractivity contribution in [1.82, 2.24) is 0 Å². The summed E-state index contributed by atoms with van der Waals surface area (Å²) in [4.78, 5) is 12.0. The van der Waals surface area contributed by atoms with Gasteiger partial charge in [0.25, 0.3) is 10.0 Å². The van der Waals surface area contributed by atoms with Gasteiger partial charge in [-0.25, -0.2) is 13.2 Å². The van der Waals surface area contributed by atoms with E-state index in [2.05, 4.69) is 4.72 Å². The maximum absolute atomic E-state index is 13.0. The van der Waals surface area contributed by atoms with Gasteiger partial charge in [0.15, 0.2) is 11.5 Å². The Morgan fingerprint density at radius 1 is 1.04 bits per heavy atom. The van der Waals surface area contributed by atoms with Gasteiger partial charge in [-0.05, 0) is 25.1 Å². The Labute approximate surface area is 168 Å². The van der Waals surface area contributed by atoms with E-state index in [9.17, 15) is 13.2 Å². The Morgan fingerprint density at radius 3 is 2.25 bits per heavy atom. The minimum absolute atomic E-state index is 0.0491. The number of anilines is 1. The second-order valence-corrected chi connectivity index (χ2v) is 7.46. The molecule has 0 saturated heterocycles. The van der Waals surface area contributed by atoms with E-state index in [-0.39, 0.29) is 45.0 Å². The van der Waals surface area contributed by atoms with Gasteiger partial charge in [0.05, 0.1) is 39.2 Å². The smallest absolute Gasteiger partial charge is 0.340 e. The van der Waals surface area contributed by atoms with E-state index in [0.29, 0.717) is 0 Å². The van der Waals surface area contributed by atoms with Crippen molar-refractivity contribution in [2.75, 3.05) is 32.7 Å². The van der Waals surface area contributed by atoms with Crippen LogP contribution in [0.25, 0.3) is 0 Å². The van der Waals surface area contributed by atoms with E-state index in [1.807, 2.05) is 0 Å². The number of hydrogen-bond acceptors (Lipinski definition) is 7. The van der Waals surface area contributed by atoms with Gasteiger partial charge in [-0.15, -0.1) is 0 Å². The highest BCUT2D eigenvalue weighted by Crippen LogP contribution is 2.36. The first-order valence-corrected chi connectivity index (χ1v) is 9.93. The summed E-state index contributed by atoms with van der Waals surface area (Å²) in [7, 11) is -0.200. The Morgan fingerprint density at radius 2 is 1.68 bits per heavy atom. The average Bonchev–Trinajstić information content (AvgIpc) is 2.68. The van der Waals surface area contributed by atoms with Crippen LogP contribution in [0.4, 0.5) is 5.69 Å². The minimum atomic E-state index is -4.16. The van der Waals surface area contributed by atoms with Gasteiger partial charge in [-0.1, -0.05) is 11.6 Å². The fourth-order valence-corrected chi connectivity index (χ4v) is 3.89. The second-order valence-electron chi connectivity index (χ2n) is 5.37. The molecule has 1 N–H and O–H groups in total. The number of hydrogen-bond donors (Lipinski definition) is 1. The van der Waals surface area contributed by atoms with Crippen LogP contribution in [0.15, 0.2) is 35.2 Å². The normalized spacial score (nSPS) is 10.9. The molecule has 0 atom stereocenters. The van der Waals surface area contributed by atoms with Crippen LogP contribution < -0.4 is 18.9 Å². The molecule has 0 heterocycles. The molecular weight excluding hydrogens is 410 g/mol. The molecular formula is C18H20ClNO7S. The number of esters is 1. The SMILES string of the molecule is CCOc1ccc(Cl)cc1S(=O)(=O)Nc1cc(OC)c(OC)cc1C(=O)OC. The summed E-state index contributed by atoms with van der Waals surface area (Å²) >= 11 is 5.96. The zero-order chi connectivity index (χ0) is 20.9. The lowest BCUT2D eigenvalue weighted by Crippen LogP contribution is -2.17. The van der Waals surface area contributed by atoms with E-state index in [0.717, 1.165) is 0 Å². The van der Waals surface area contributed by atoms with Crippen LogP contribution in [0.5, 0.6) is 17.2 Å². The summed E-state index contributed by atoms with van der Waals surface area (Å²) in [5, 5.41) is 0.212. The molecule has 2 rings (SSSR count). The zero-order valence-corrected chi connectivity index (χ0v) is 17.3. The van der Waals surface area contributed by atoms with Gasteiger partial charge in [0, 0.05) is 17.2 Å². The van der Waals surface area contributed by atoms with Gasteiger partial charge < -0.3 is 18.9 Å². The average molecular weight is 430 g/mol. The van der Waals surface area contributed by atoms with Crippen molar-refractivity contribution in [2.24, 2.45) is 0 Å². The quantitative estimate of drug-likeness (QED) is 0.642. The van der Waals surface area contributed by atoms with E-state index < -0.39 is 16.0 Å². The third kappa shape index (κ3) is 4.60. The fourth-order valence-electron chi connectivity index (χ4n) is 2.41. The van der Waals surface area contributed by atoms with Crippen molar-refractivity contribution in [3.8, 4) is 17.2 Å². The number of halogens is 1. The molecule has 0 bridgehead atoms. The number of methoxy groups -OCH3 is 3. The lowest BCUT2D eigenvalue weighted by molar-refractivity contribution is 0.0601. The summed E-state index contributed by atoms with van der Waals surface area (Å²) in [6, 6.07) is 6.88. The number of nitrogens with one attached hydrogen (secondary N) is 1. The van der Waals surface area contributed by atoms with Gasteiger partial charge in [-0.3, -0.25) is 4.72 Å². The molecule has 0 aliphatic carbocycles. The third-order valence-corrected chi connectivity index (χ3v) is 5.29. The van der Waals surface area contributed by atoms with Crippen molar-refractivity contribution in [3.05, 3.63) is 40.9 Å². The second kappa shape index (κ2) is 9.03. The Bertz CT molecular complexity index is 976. The van der Waals surface area contributed by atoms with Crippen molar-refractivity contribution >= 4 is 33.3 Å². The van der Waals surface area contributed by atoms with Gasteiger partial charge >= 0.3 is 5.97 Å². The lowest BCUT2D eigenvalue weighted by atomic mass is 10.1. The van der Waals surface area contributed by atoms with Crippen LogP contribution in [0.3, 0.4) is 0 Å². The molecule has 152 valence electrons. The minimum Gasteiger partial charge on any atom is -0.493 e. The van der Waals surface area contributed by atoms with Gasteiger partial charge in [0.1, 0.15) is 10.6 Å². The van der Waals surface area contributed by atoms with Gasteiger partial charge in [-0.2, -0.15) is 0 Å². The summed E-state index contributed by atoms with van der Waals surface area (Å²) < 4.78 is 48.8. The molecule has 0 unspecified atom stereocenters. The third-order valence-electron chi connectivity index (χ3n) is 3.67. The molecule has 2 aromatic rings. The van der Waals surface area contributed by atoms with E-state index >= 15 is 0 Å². The first kappa shape index (κ1) is 21.6. The van der Waals surface area contributed by atoms with Crippen molar-refractivity contribution in [3.63, 3.8) is 0 Å². The molecule has 0 amide bonds. The Balaban J connectivity index is 2.60. The molecule has 2 aromatic carbocycles. The molecule has 8 nitrogen and oxygen atoms in total.